The molecule has 2 aromatic heterocycles. The smallest absolute Gasteiger partial charge is 0.100 e. The van der Waals surface area contributed by atoms with Crippen molar-refractivity contribution >= 4 is 27.5 Å². The Hall–Kier alpha value is -4.04. The molecule has 0 aliphatic heterocycles. The van der Waals surface area contributed by atoms with E-state index in [4.69, 9.17) is 0 Å². The van der Waals surface area contributed by atoms with Crippen molar-refractivity contribution in [2.45, 2.75) is 25.3 Å². The Bertz CT molecular complexity index is 1470. The Labute approximate surface area is 179 Å². The number of aryl methyl sites for hydroxylation is 1. The van der Waals surface area contributed by atoms with Crippen LogP contribution in [0.4, 0.5) is 5.69 Å². The van der Waals surface area contributed by atoms with Crippen LogP contribution in [-0.4, -0.2) is 15.2 Å². The van der Waals surface area contributed by atoms with Crippen LogP contribution < -0.4 is 5.32 Å². The Morgan fingerprint density at radius 1 is 1.00 bits per heavy atom. The van der Waals surface area contributed by atoms with E-state index in [1.807, 2.05) is 18.3 Å². The van der Waals surface area contributed by atoms with Crippen LogP contribution in [0.5, 0.6) is 0 Å². The van der Waals surface area contributed by atoms with Crippen molar-refractivity contribution in [1.29, 1.82) is 5.26 Å². The monoisotopic (exact) mass is 403 g/mol. The first-order valence-corrected chi connectivity index (χ1v) is 10.6. The Balaban J connectivity index is 1.36. The molecule has 0 saturated carbocycles. The summed E-state index contributed by atoms with van der Waals surface area (Å²) in [5, 5.41) is 23.0. The molecule has 0 radical (unpaired) electrons. The number of benzene rings is 3. The Morgan fingerprint density at radius 2 is 1.97 bits per heavy atom. The number of fused-ring (bicyclic) bond motifs is 3. The summed E-state index contributed by atoms with van der Waals surface area (Å²) in [4.78, 5) is 3.28. The number of H-pyrrole nitrogens is 2. The minimum Gasteiger partial charge on any atom is -0.378 e. The van der Waals surface area contributed by atoms with E-state index in [2.05, 4.69) is 75.1 Å². The molecule has 31 heavy (non-hydrogen) atoms. The number of aromatic nitrogens is 3. The van der Waals surface area contributed by atoms with Gasteiger partial charge < -0.3 is 10.3 Å². The van der Waals surface area contributed by atoms with Gasteiger partial charge in [-0.2, -0.15) is 10.4 Å². The van der Waals surface area contributed by atoms with Crippen LogP contribution in [0.2, 0.25) is 0 Å². The predicted octanol–water partition coefficient (Wildman–Crippen LogP) is 6.07. The standard InChI is InChI=1S/C26H21N5/c27-15-16-4-8-21-18(12-16)2-1-3-23(21)29-20-7-9-24-22(14-20)26(31-30-24)19-6-5-17-10-11-28-25(17)13-19/h4-14,23,28-29H,1-3H2,(H,30,31)/t23-/m0/s1. The van der Waals surface area contributed by atoms with Crippen molar-refractivity contribution < 1.29 is 0 Å². The molecule has 2 heterocycles. The van der Waals surface area contributed by atoms with Gasteiger partial charge in [0, 0.05) is 28.4 Å². The van der Waals surface area contributed by atoms with Crippen molar-refractivity contribution in [2.24, 2.45) is 0 Å². The minimum atomic E-state index is 0.250. The summed E-state index contributed by atoms with van der Waals surface area (Å²) < 4.78 is 0. The molecule has 5 heteroatoms. The van der Waals surface area contributed by atoms with Crippen LogP contribution in [0.1, 0.15) is 35.6 Å². The van der Waals surface area contributed by atoms with Crippen molar-refractivity contribution in [3.63, 3.8) is 0 Å². The lowest BCUT2D eigenvalue weighted by molar-refractivity contribution is 0.600. The van der Waals surface area contributed by atoms with Crippen LogP contribution in [0.25, 0.3) is 33.1 Å². The molecule has 0 saturated heterocycles. The van der Waals surface area contributed by atoms with Crippen LogP contribution in [0.3, 0.4) is 0 Å². The highest BCUT2D eigenvalue weighted by atomic mass is 15.1. The lowest BCUT2D eigenvalue weighted by Gasteiger charge is -2.27. The third kappa shape index (κ3) is 3.04. The van der Waals surface area contributed by atoms with Gasteiger partial charge in [0.15, 0.2) is 0 Å². The van der Waals surface area contributed by atoms with E-state index in [9.17, 15) is 5.26 Å². The molecule has 3 aromatic carbocycles. The highest BCUT2D eigenvalue weighted by Crippen LogP contribution is 2.35. The van der Waals surface area contributed by atoms with Gasteiger partial charge >= 0.3 is 0 Å². The van der Waals surface area contributed by atoms with E-state index in [-0.39, 0.29) is 6.04 Å². The molecule has 5 nitrogen and oxygen atoms in total. The first-order chi connectivity index (χ1) is 15.3. The van der Waals surface area contributed by atoms with Gasteiger partial charge in [-0.1, -0.05) is 18.2 Å². The molecule has 0 fully saturated rings. The fourth-order valence-corrected chi connectivity index (χ4v) is 4.75. The summed E-state index contributed by atoms with van der Waals surface area (Å²) in [6, 6.07) is 23.4. The third-order valence-electron chi connectivity index (χ3n) is 6.32. The molecule has 0 amide bonds. The number of hydrogen-bond donors (Lipinski definition) is 3. The highest BCUT2D eigenvalue weighted by molar-refractivity contribution is 5.97. The van der Waals surface area contributed by atoms with Crippen molar-refractivity contribution in [1.82, 2.24) is 15.2 Å². The first kappa shape index (κ1) is 17.8. The number of rotatable bonds is 3. The summed E-state index contributed by atoms with van der Waals surface area (Å²) in [5.41, 5.74) is 8.58. The van der Waals surface area contributed by atoms with E-state index < -0.39 is 0 Å². The van der Waals surface area contributed by atoms with Crippen molar-refractivity contribution in [3.8, 4) is 17.3 Å². The van der Waals surface area contributed by atoms with E-state index in [1.54, 1.807) is 0 Å². The molecule has 0 unspecified atom stereocenters. The van der Waals surface area contributed by atoms with Crippen LogP contribution in [-0.2, 0) is 6.42 Å². The number of anilines is 1. The molecule has 3 N–H and O–H groups in total. The SMILES string of the molecule is N#Cc1ccc2c(c1)CCC[C@@H]2Nc1ccc2[nH]nc(-c3ccc4cc[nH]c4c3)c2c1. The predicted molar refractivity (Wildman–Crippen MR) is 124 cm³/mol. The maximum atomic E-state index is 9.21. The molecule has 5 aromatic rings. The molecule has 1 aliphatic rings. The van der Waals surface area contributed by atoms with E-state index in [0.29, 0.717) is 0 Å². The van der Waals surface area contributed by atoms with Crippen LogP contribution in [0, 0.1) is 11.3 Å². The summed E-state index contributed by atoms with van der Waals surface area (Å²) in [6.07, 6.45) is 5.20. The fourth-order valence-electron chi connectivity index (χ4n) is 4.75. The van der Waals surface area contributed by atoms with Crippen molar-refractivity contribution in [2.75, 3.05) is 5.32 Å². The number of nitrogens with zero attached hydrogens (tertiary/aromatic N) is 2. The zero-order valence-corrected chi connectivity index (χ0v) is 16.9. The van der Waals surface area contributed by atoms with Gasteiger partial charge in [0.25, 0.3) is 0 Å². The lowest BCUT2D eigenvalue weighted by Crippen LogP contribution is -2.17. The maximum Gasteiger partial charge on any atom is 0.100 e. The largest absolute Gasteiger partial charge is 0.378 e. The van der Waals surface area contributed by atoms with Crippen LogP contribution >= 0.6 is 0 Å². The molecule has 1 aliphatic carbocycles. The second kappa shape index (κ2) is 7.03. The van der Waals surface area contributed by atoms with Gasteiger partial charge in [-0.05, 0) is 78.2 Å². The number of nitriles is 1. The Kier molecular flexibility index (Phi) is 4.03. The average molecular weight is 403 g/mol. The van der Waals surface area contributed by atoms with E-state index in [1.165, 1.54) is 16.5 Å². The molecular formula is C26H21N5. The quantitative estimate of drug-likeness (QED) is 0.342. The Morgan fingerprint density at radius 3 is 2.90 bits per heavy atom. The number of nitrogens with one attached hydrogen (secondary N) is 3. The molecule has 6 rings (SSSR count). The first-order valence-electron chi connectivity index (χ1n) is 10.6. The van der Waals surface area contributed by atoms with E-state index in [0.717, 1.165) is 58.2 Å². The van der Waals surface area contributed by atoms with Gasteiger partial charge in [-0.15, -0.1) is 0 Å². The second-order valence-corrected chi connectivity index (χ2v) is 8.23. The zero-order chi connectivity index (χ0) is 20.8. The second-order valence-electron chi connectivity index (χ2n) is 8.23. The van der Waals surface area contributed by atoms with Gasteiger partial charge in [0.2, 0.25) is 0 Å². The van der Waals surface area contributed by atoms with Crippen LogP contribution in [0.15, 0.2) is 66.9 Å². The van der Waals surface area contributed by atoms with E-state index >= 15 is 0 Å². The average Bonchev–Trinajstić information content (AvgIpc) is 3.45. The summed E-state index contributed by atoms with van der Waals surface area (Å²) in [6.45, 7) is 0. The maximum absolute atomic E-state index is 9.21. The molecular weight excluding hydrogens is 382 g/mol. The normalized spacial score (nSPS) is 15.6. The minimum absolute atomic E-state index is 0.250. The van der Waals surface area contributed by atoms with Gasteiger partial charge in [-0.25, -0.2) is 0 Å². The molecule has 0 bridgehead atoms. The van der Waals surface area contributed by atoms with Gasteiger partial charge in [0.05, 0.1) is 23.2 Å². The van der Waals surface area contributed by atoms with Gasteiger partial charge in [-0.3, -0.25) is 5.10 Å². The summed E-state index contributed by atoms with van der Waals surface area (Å²) >= 11 is 0. The summed E-state index contributed by atoms with van der Waals surface area (Å²) in [7, 11) is 0. The molecule has 150 valence electrons. The lowest BCUT2D eigenvalue weighted by atomic mass is 9.86. The summed E-state index contributed by atoms with van der Waals surface area (Å²) in [5.74, 6) is 0. The van der Waals surface area contributed by atoms with Gasteiger partial charge in [0.1, 0.15) is 5.69 Å². The molecule has 0 spiro atoms. The zero-order valence-electron chi connectivity index (χ0n) is 16.9. The highest BCUT2D eigenvalue weighted by Gasteiger charge is 2.21. The van der Waals surface area contributed by atoms with Crippen molar-refractivity contribution in [3.05, 3.63) is 83.6 Å². The third-order valence-corrected chi connectivity index (χ3v) is 6.32. The number of hydrogen-bond acceptors (Lipinski definition) is 3. The molecule has 1 atom stereocenters. The number of aromatic amines is 2. The fraction of sp³-hybridized carbons (Fsp3) is 0.154. The topological polar surface area (TPSA) is 80.3 Å².